The van der Waals surface area contributed by atoms with E-state index < -0.39 is 11.7 Å². The van der Waals surface area contributed by atoms with Crippen molar-refractivity contribution in [2.75, 3.05) is 13.1 Å². The van der Waals surface area contributed by atoms with Gasteiger partial charge in [0.05, 0.1) is 11.3 Å². The number of aromatic amines is 1. The maximum absolute atomic E-state index is 13.3. The number of likely N-dealkylation sites (tertiary alicyclic amines) is 1. The maximum Gasteiger partial charge on any atom is 0.416 e. The summed E-state index contributed by atoms with van der Waals surface area (Å²) in [6.45, 7) is 2.94. The van der Waals surface area contributed by atoms with Crippen LogP contribution in [0.25, 0.3) is 22.4 Å². The van der Waals surface area contributed by atoms with E-state index in [2.05, 4.69) is 9.97 Å². The number of H-pyrrole nitrogens is 1. The Balaban J connectivity index is 1.74. The zero-order chi connectivity index (χ0) is 21.3. The fraction of sp³-hybridized carbons (Fsp3) is 0.304. The minimum absolute atomic E-state index is 0.0714. The zero-order valence-corrected chi connectivity index (χ0v) is 16.5. The molecule has 30 heavy (non-hydrogen) atoms. The van der Waals surface area contributed by atoms with Crippen LogP contribution in [0.1, 0.15) is 36.9 Å². The number of amides is 1. The number of carbonyl (C=O) groups excluding carboxylic acids is 1. The van der Waals surface area contributed by atoms with Crippen LogP contribution < -0.4 is 0 Å². The Hall–Kier alpha value is -3.09. The van der Waals surface area contributed by atoms with Gasteiger partial charge >= 0.3 is 6.18 Å². The molecule has 0 radical (unpaired) electrons. The lowest BCUT2D eigenvalue weighted by atomic mass is 9.93. The van der Waals surface area contributed by atoms with Crippen LogP contribution in [0.3, 0.4) is 0 Å². The van der Waals surface area contributed by atoms with Gasteiger partial charge < -0.3 is 9.88 Å². The molecule has 4 nitrogen and oxygen atoms in total. The molecule has 0 atom stereocenters. The number of hydrogen-bond donors (Lipinski definition) is 1. The number of pyridine rings is 1. The van der Waals surface area contributed by atoms with Crippen molar-refractivity contribution in [2.45, 2.75) is 31.9 Å². The van der Waals surface area contributed by atoms with E-state index in [1.165, 1.54) is 12.1 Å². The molecule has 0 saturated carbocycles. The second-order valence-corrected chi connectivity index (χ2v) is 7.61. The summed E-state index contributed by atoms with van der Waals surface area (Å²) in [6, 6.07) is 11.1. The highest BCUT2D eigenvalue weighted by molar-refractivity contribution is 5.82. The van der Waals surface area contributed by atoms with Crippen molar-refractivity contribution in [3.63, 3.8) is 0 Å². The summed E-state index contributed by atoms with van der Waals surface area (Å²) in [7, 11) is 0. The molecule has 1 saturated heterocycles. The average Bonchev–Trinajstić information content (AvgIpc) is 3.19. The predicted octanol–water partition coefficient (Wildman–Crippen LogP) is 5.49. The van der Waals surface area contributed by atoms with Gasteiger partial charge in [-0.1, -0.05) is 12.1 Å². The summed E-state index contributed by atoms with van der Waals surface area (Å²) in [6.07, 6.45) is 0.574. The van der Waals surface area contributed by atoms with Gasteiger partial charge in [0, 0.05) is 49.6 Å². The van der Waals surface area contributed by atoms with E-state index in [1.54, 1.807) is 25.4 Å². The van der Waals surface area contributed by atoms with Crippen molar-refractivity contribution in [1.82, 2.24) is 14.9 Å². The van der Waals surface area contributed by atoms with Crippen LogP contribution in [0.2, 0.25) is 0 Å². The third kappa shape index (κ3) is 4.10. The molecule has 0 spiro atoms. The minimum Gasteiger partial charge on any atom is -0.358 e. The highest BCUT2D eigenvalue weighted by Crippen LogP contribution is 2.39. The highest BCUT2D eigenvalue weighted by atomic mass is 19.4. The van der Waals surface area contributed by atoms with Gasteiger partial charge in [-0.2, -0.15) is 13.2 Å². The number of alkyl halides is 3. The molecule has 1 aliphatic heterocycles. The first-order valence-electron chi connectivity index (χ1n) is 9.89. The molecule has 1 amide bonds. The van der Waals surface area contributed by atoms with E-state index in [4.69, 9.17) is 0 Å². The van der Waals surface area contributed by atoms with Crippen LogP contribution in [0.5, 0.6) is 0 Å². The first-order chi connectivity index (χ1) is 14.3. The van der Waals surface area contributed by atoms with Crippen molar-refractivity contribution in [2.24, 2.45) is 0 Å². The van der Waals surface area contributed by atoms with E-state index in [-0.39, 0.29) is 11.8 Å². The maximum atomic E-state index is 13.3. The number of hydrogen-bond acceptors (Lipinski definition) is 2. The molecular weight excluding hydrogens is 391 g/mol. The Kier molecular flexibility index (Phi) is 5.37. The summed E-state index contributed by atoms with van der Waals surface area (Å²) in [5, 5.41) is 0. The number of nitrogens with zero attached hydrogens (tertiary/aromatic N) is 2. The number of halogens is 3. The second kappa shape index (κ2) is 7.97. The Morgan fingerprint density at radius 1 is 1.07 bits per heavy atom. The molecule has 3 aromatic rings. The quantitative estimate of drug-likeness (QED) is 0.617. The fourth-order valence-corrected chi connectivity index (χ4v) is 4.04. The summed E-state index contributed by atoms with van der Waals surface area (Å²) in [4.78, 5) is 20.9. The Morgan fingerprint density at radius 3 is 2.40 bits per heavy atom. The van der Waals surface area contributed by atoms with E-state index >= 15 is 0 Å². The molecular formula is C23H22F3N3O. The van der Waals surface area contributed by atoms with Crippen molar-refractivity contribution in [1.29, 1.82) is 0 Å². The van der Waals surface area contributed by atoms with Gasteiger partial charge in [0.1, 0.15) is 0 Å². The van der Waals surface area contributed by atoms with E-state index in [0.717, 1.165) is 35.7 Å². The normalized spacial score (nSPS) is 15.4. The van der Waals surface area contributed by atoms with Gasteiger partial charge in [-0.25, -0.2) is 0 Å². The number of carbonyl (C=O) groups is 1. The van der Waals surface area contributed by atoms with Crippen LogP contribution in [-0.4, -0.2) is 33.9 Å². The van der Waals surface area contributed by atoms with Gasteiger partial charge in [0.15, 0.2) is 0 Å². The molecule has 1 N–H and O–H groups in total. The highest BCUT2D eigenvalue weighted by Gasteiger charge is 2.31. The summed E-state index contributed by atoms with van der Waals surface area (Å²) < 4.78 is 39.8. The van der Waals surface area contributed by atoms with Crippen LogP contribution >= 0.6 is 0 Å². The third-order valence-electron chi connectivity index (χ3n) is 5.69. The van der Waals surface area contributed by atoms with Gasteiger partial charge in [-0.15, -0.1) is 0 Å². The zero-order valence-electron chi connectivity index (χ0n) is 16.5. The Morgan fingerprint density at radius 2 is 1.77 bits per heavy atom. The fourth-order valence-electron chi connectivity index (χ4n) is 4.04. The smallest absolute Gasteiger partial charge is 0.358 e. The molecule has 3 heterocycles. The minimum atomic E-state index is -4.40. The van der Waals surface area contributed by atoms with Crippen molar-refractivity contribution < 1.29 is 18.0 Å². The van der Waals surface area contributed by atoms with Crippen LogP contribution in [0, 0.1) is 0 Å². The number of aromatic nitrogens is 2. The monoisotopic (exact) mass is 413 g/mol. The lowest BCUT2D eigenvalue weighted by Crippen LogP contribution is -2.36. The first kappa shape index (κ1) is 20.2. The standard InChI is InChI=1S/C23H22F3N3O/c1-15(30)29-11-7-17(8-12-29)21-14-20(16-5-9-27-10-6-16)22(28-21)18-3-2-4-19(13-18)23(24,25)26/h2-6,9-10,13-14,17,28H,7-8,11-12H2,1H3. The van der Waals surface area contributed by atoms with E-state index in [0.29, 0.717) is 24.3 Å². The van der Waals surface area contributed by atoms with Gasteiger partial charge in [0.2, 0.25) is 5.91 Å². The molecule has 2 aromatic heterocycles. The molecule has 7 heteroatoms. The second-order valence-electron chi connectivity index (χ2n) is 7.61. The number of benzene rings is 1. The molecule has 0 unspecified atom stereocenters. The topological polar surface area (TPSA) is 49.0 Å². The summed E-state index contributed by atoms with van der Waals surface area (Å²) >= 11 is 0. The van der Waals surface area contributed by atoms with Gasteiger partial charge in [0.25, 0.3) is 0 Å². The largest absolute Gasteiger partial charge is 0.416 e. The SMILES string of the molecule is CC(=O)N1CCC(c2cc(-c3ccncc3)c(-c3cccc(C(F)(F)F)c3)[nH]2)CC1. The number of rotatable bonds is 3. The van der Waals surface area contributed by atoms with Crippen LogP contribution in [-0.2, 0) is 11.0 Å². The Bertz CT molecular complexity index is 1040. The van der Waals surface area contributed by atoms with E-state index in [1.807, 2.05) is 23.1 Å². The molecule has 1 fully saturated rings. The van der Waals surface area contributed by atoms with Gasteiger partial charge in [-0.3, -0.25) is 9.78 Å². The summed E-state index contributed by atoms with van der Waals surface area (Å²) in [5.74, 6) is 0.294. The van der Waals surface area contributed by atoms with Crippen molar-refractivity contribution >= 4 is 5.91 Å². The van der Waals surface area contributed by atoms with E-state index in [9.17, 15) is 18.0 Å². The lowest BCUT2D eigenvalue weighted by Gasteiger charge is -2.30. The predicted molar refractivity (Wildman–Crippen MR) is 109 cm³/mol. The third-order valence-corrected chi connectivity index (χ3v) is 5.69. The first-order valence-corrected chi connectivity index (χ1v) is 9.89. The average molecular weight is 413 g/mol. The Labute approximate surface area is 172 Å². The molecule has 4 rings (SSSR count). The molecule has 0 aliphatic carbocycles. The molecule has 156 valence electrons. The number of nitrogens with one attached hydrogen (secondary N) is 1. The lowest BCUT2D eigenvalue weighted by molar-refractivity contribution is -0.137. The molecule has 1 aliphatic rings. The molecule has 0 bridgehead atoms. The van der Waals surface area contributed by atoms with Crippen molar-refractivity contribution in [3.05, 3.63) is 66.1 Å². The van der Waals surface area contributed by atoms with Gasteiger partial charge in [-0.05, 0) is 54.3 Å². The summed E-state index contributed by atoms with van der Waals surface area (Å²) in [5.41, 5.74) is 3.20. The van der Waals surface area contributed by atoms with Crippen LogP contribution in [0.15, 0.2) is 54.9 Å². The molecule has 1 aromatic carbocycles. The number of piperidine rings is 1. The van der Waals surface area contributed by atoms with Crippen LogP contribution in [0.4, 0.5) is 13.2 Å². The van der Waals surface area contributed by atoms with Crippen molar-refractivity contribution in [3.8, 4) is 22.4 Å².